The molecule has 5 heteroatoms. The van der Waals surface area contributed by atoms with Crippen molar-refractivity contribution in [1.82, 2.24) is 0 Å². The molecule has 0 aromatic heterocycles. The predicted octanol–water partition coefficient (Wildman–Crippen LogP) is 4.77. The number of anilines is 2. The molecule has 0 saturated heterocycles. The molecule has 130 valence electrons. The Balaban J connectivity index is 1.50. The first-order valence-electron chi connectivity index (χ1n) is 8.30. The van der Waals surface area contributed by atoms with E-state index in [1.165, 1.54) is 23.3 Å². The summed E-state index contributed by atoms with van der Waals surface area (Å²) in [4.78, 5) is 12.1. The predicted molar refractivity (Wildman–Crippen MR) is 99.5 cm³/mol. The van der Waals surface area contributed by atoms with Crippen LogP contribution in [0, 0.1) is 5.82 Å². The topological polar surface area (TPSA) is 64.3 Å². The summed E-state index contributed by atoms with van der Waals surface area (Å²) >= 11 is 0. The fourth-order valence-electron chi connectivity index (χ4n) is 3.39. The summed E-state index contributed by atoms with van der Waals surface area (Å²) in [6, 6.07) is 20.0. The lowest BCUT2D eigenvalue weighted by atomic mass is 9.98. The van der Waals surface area contributed by atoms with Crippen molar-refractivity contribution in [3.05, 3.63) is 83.7 Å². The van der Waals surface area contributed by atoms with Gasteiger partial charge in [0.25, 0.3) is 0 Å². The Labute approximate surface area is 150 Å². The Bertz CT molecular complexity index is 942. The SMILES string of the molecule is Nc1cc(F)ccc1NC(=O)OCC1c2ccccc2-c2ccccc21. The molecule has 1 aliphatic rings. The average molecular weight is 348 g/mol. The number of amides is 1. The summed E-state index contributed by atoms with van der Waals surface area (Å²) in [5.74, 6) is -0.473. The molecule has 0 heterocycles. The minimum absolute atomic E-state index is 0.0151. The standard InChI is InChI=1S/C21H17FN2O2/c22-13-9-10-20(19(23)11-13)24-21(25)26-12-18-16-7-3-1-5-14(16)15-6-2-4-8-17(15)18/h1-11,18H,12,23H2,(H,24,25). The third-order valence-electron chi connectivity index (χ3n) is 4.59. The number of nitrogens with one attached hydrogen (secondary N) is 1. The highest BCUT2D eigenvalue weighted by molar-refractivity contribution is 5.89. The highest BCUT2D eigenvalue weighted by Crippen LogP contribution is 2.44. The van der Waals surface area contributed by atoms with Crippen molar-refractivity contribution in [3.8, 4) is 11.1 Å². The van der Waals surface area contributed by atoms with E-state index < -0.39 is 11.9 Å². The summed E-state index contributed by atoms with van der Waals surface area (Å²) in [5, 5.41) is 2.56. The minimum Gasteiger partial charge on any atom is -0.448 e. The van der Waals surface area contributed by atoms with Gasteiger partial charge in [-0.05, 0) is 40.5 Å². The summed E-state index contributed by atoms with van der Waals surface area (Å²) in [6.45, 7) is 0.209. The molecule has 3 N–H and O–H groups in total. The lowest BCUT2D eigenvalue weighted by Crippen LogP contribution is -2.18. The van der Waals surface area contributed by atoms with Gasteiger partial charge in [0.2, 0.25) is 0 Å². The molecule has 3 aromatic carbocycles. The second-order valence-corrected chi connectivity index (χ2v) is 6.18. The molecular weight excluding hydrogens is 331 g/mol. The van der Waals surface area contributed by atoms with Gasteiger partial charge in [-0.15, -0.1) is 0 Å². The van der Waals surface area contributed by atoms with E-state index >= 15 is 0 Å². The maximum absolute atomic E-state index is 13.1. The number of ether oxygens (including phenoxy) is 1. The lowest BCUT2D eigenvalue weighted by Gasteiger charge is -2.15. The number of rotatable bonds is 3. The lowest BCUT2D eigenvalue weighted by molar-refractivity contribution is 0.158. The van der Waals surface area contributed by atoms with E-state index in [1.54, 1.807) is 0 Å². The van der Waals surface area contributed by atoms with Crippen LogP contribution in [0.25, 0.3) is 11.1 Å². The van der Waals surface area contributed by atoms with Crippen LogP contribution in [0.4, 0.5) is 20.6 Å². The van der Waals surface area contributed by atoms with E-state index in [0.717, 1.165) is 17.2 Å². The van der Waals surface area contributed by atoms with E-state index in [4.69, 9.17) is 10.5 Å². The molecule has 0 bridgehead atoms. The van der Waals surface area contributed by atoms with Crippen LogP contribution in [-0.2, 0) is 4.74 Å². The average Bonchev–Trinajstić information content (AvgIpc) is 2.96. The fourth-order valence-corrected chi connectivity index (χ4v) is 3.39. The molecule has 0 radical (unpaired) electrons. The molecule has 26 heavy (non-hydrogen) atoms. The molecule has 0 atom stereocenters. The summed E-state index contributed by atoms with van der Waals surface area (Å²) in [6.07, 6.45) is -0.620. The molecule has 0 aliphatic heterocycles. The molecule has 1 aliphatic carbocycles. The second-order valence-electron chi connectivity index (χ2n) is 6.18. The highest BCUT2D eigenvalue weighted by Gasteiger charge is 2.29. The molecular formula is C21H17FN2O2. The fraction of sp³-hybridized carbons (Fsp3) is 0.0952. The number of nitrogen functional groups attached to an aromatic ring is 1. The molecule has 0 saturated carbocycles. The van der Waals surface area contributed by atoms with Crippen LogP contribution < -0.4 is 11.1 Å². The van der Waals surface area contributed by atoms with Crippen LogP contribution in [0.5, 0.6) is 0 Å². The van der Waals surface area contributed by atoms with Crippen LogP contribution >= 0.6 is 0 Å². The normalized spacial score (nSPS) is 12.3. The van der Waals surface area contributed by atoms with Gasteiger partial charge in [-0.25, -0.2) is 9.18 Å². The zero-order valence-corrected chi connectivity index (χ0v) is 13.9. The third kappa shape index (κ3) is 2.88. The van der Waals surface area contributed by atoms with Crippen molar-refractivity contribution in [2.45, 2.75) is 5.92 Å². The number of hydrogen-bond acceptors (Lipinski definition) is 3. The monoisotopic (exact) mass is 348 g/mol. The number of halogens is 1. The van der Waals surface area contributed by atoms with Crippen LogP contribution in [0.3, 0.4) is 0 Å². The Hall–Kier alpha value is -3.34. The molecule has 0 unspecified atom stereocenters. The molecule has 0 spiro atoms. The number of carbonyl (C=O) groups is 1. The minimum atomic E-state index is -0.620. The van der Waals surface area contributed by atoms with Crippen LogP contribution in [0.1, 0.15) is 17.0 Å². The summed E-state index contributed by atoms with van der Waals surface area (Å²) in [5.41, 5.74) is 10.8. The molecule has 4 nitrogen and oxygen atoms in total. The second kappa shape index (κ2) is 6.52. The molecule has 0 fully saturated rings. The zero-order chi connectivity index (χ0) is 18.1. The number of fused-ring (bicyclic) bond motifs is 3. The number of benzene rings is 3. The van der Waals surface area contributed by atoms with Gasteiger partial charge < -0.3 is 10.5 Å². The zero-order valence-electron chi connectivity index (χ0n) is 13.9. The van der Waals surface area contributed by atoms with Crippen molar-refractivity contribution < 1.29 is 13.9 Å². The smallest absolute Gasteiger partial charge is 0.411 e. The van der Waals surface area contributed by atoms with E-state index in [-0.39, 0.29) is 18.2 Å². The molecule has 3 aromatic rings. The Morgan fingerprint density at radius 1 is 1.00 bits per heavy atom. The van der Waals surface area contributed by atoms with Crippen molar-refractivity contribution in [2.75, 3.05) is 17.7 Å². The summed E-state index contributed by atoms with van der Waals surface area (Å²) in [7, 11) is 0. The molecule has 4 rings (SSSR count). The van der Waals surface area contributed by atoms with Crippen molar-refractivity contribution >= 4 is 17.5 Å². The first-order valence-corrected chi connectivity index (χ1v) is 8.30. The number of hydrogen-bond donors (Lipinski definition) is 2. The van der Waals surface area contributed by atoms with Gasteiger partial charge in [0, 0.05) is 5.92 Å². The Morgan fingerprint density at radius 2 is 1.62 bits per heavy atom. The van der Waals surface area contributed by atoms with Crippen LogP contribution in [0.15, 0.2) is 66.7 Å². The maximum atomic E-state index is 13.1. The Kier molecular flexibility index (Phi) is 4.05. The highest BCUT2D eigenvalue weighted by atomic mass is 19.1. The van der Waals surface area contributed by atoms with Crippen molar-refractivity contribution in [1.29, 1.82) is 0 Å². The van der Waals surface area contributed by atoms with Crippen molar-refractivity contribution in [3.63, 3.8) is 0 Å². The number of carbonyl (C=O) groups excluding carboxylic acids is 1. The largest absolute Gasteiger partial charge is 0.448 e. The van der Waals surface area contributed by atoms with E-state index in [9.17, 15) is 9.18 Å². The van der Waals surface area contributed by atoms with Gasteiger partial charge in [-0.2, -0.15) is 0 Å². The third-order valence-corrected chi connectivity index (χ3v) is 4.59. The van der Waals surface area contributed by atoms with Gasteiger partial charge in [-0.3, -0.25) is 5.32 Å². The maximum Gasteiger partial charge on any atom is 0.411 e. The quantitative estimate of drug-likeness (QED) is 0.670. The first kappa shape index (κ1) is 16.1. The van der Waals surface area contributed by atoms with Gasteiger partial charge >= 0.3 is 6.09 Å². The van der Waals surface area contributed by atoms with Gasteiger partial charge in [0.05, 0.1) is 11.4 Å². The molecule has 1 amide bonds. The Morgan fingerprint density at radius 3 is 2.23 bits per heavy atom. The first-order chi connectivity index (χ1) is 12.6. The van der Waals surface area contributed by atoms with Crippen LogP contribution in [-0.4, -0.2) is 12.7 Å². The van der Waals surface area contributed by atoms with Crippen molar-refractivity contribution in [2.24, 2.45) is 0 Å². The summed E-state index contributed by atoms with van der Waals surface area (Å²) < 4.78 is 18.5. The van der Waals surface area contributed by atoms with E-state index in [1.807, 2.05) is 24.3 Å². The van der Waals surface area contributed by atoms with Gasteiger partial charge in [-0.1, -0.05) is 48.5 Å². The van der Waals surface area contributed by atoms with Gasteiger partial charge in [0.15, 0.2) is 0 Å². The van der Waals surface area contributed by atoms with E-state index in [2.05, 4.69) is 29.6 Å². The van der Waals surface area contributed by atoms with Crippen LogP contribution in [0.2, 0.25) is 0 Å². The van der Waals surface area contributed by atoms with Gasteiger partial charge in [0.1, 0.15) is 12.4 Å². The van der Waals surface area contributed by atoms with E-state index in [0.29, 0.717) is 5.69 Å². The number of nitrogens with two attached hydrogens (primary N) is 1.